The van der Waals surface area contributed by atoms with Crippen LogP contribution in [0.1, 0.15) is 33.6 Å². The van der Waals surface area contributed by atoms with Gasteiger partial charge >= 0.3 is 0 Å². The Labute approximate surface area is 162 Å². The molecule has 7 nitrogen and oxygen atoms in total. The minimum absolute atomic E-state index is 0.102. The zero-order valence-electron chi connectivity index (χ0n) is 16.6. The Morgan fingerprint density at radius 1 is 1.52 bits per heavy atom. The summed E-state index contributed by atoms with van der Waals surface area (Å²) < 4.78 is 28.0. The lowest BCUT2D eigenvalue weighted by Gasteiger charge is -2.25. The summed E-state index contributed by atoms with van der Waals surface area (Å²) in [6.07, 6.45) is 3.38. The Bertz CT molecular complexity index is 829. The maximum absolute atomic E-state index is 12.1. The molecule has 8 heteroatoms. The van der Waals surface area contributed by atoms with E-state index in [2.05, 4.69) is 27.8 Å². The fraction of sp³-hybridized carbons (Fsp3) is 0.474. The fourth-order valence-electron chi connectivity index (χ4n) is 2.68. The van der Waals surface area contributed by atoms with Gasteiger partial charge in [-0.1, -0.05) is 20.1 Å². The maximum atomic E-state index is 12.1. The van der Waals surface area contributed by atoms with Crippen molar-refractivity contribution in [3.8, 4) is 6.07 Å². The predicted octanol–water partition coefficient (Wildman–Crippen LogP) is 3.47. The average Bonchev–Trinajstić information content (AvgIpc) is 2.54. The molecule has 0 bridgehead atoms. The molecule has 0 radical (unpaired) electrons. The van der Waals surface area contributed by atoms with Crippen LogP contribution in [0.3, 0.4) is 0 Å². The van der Waals surface area contributed by atoms with Gasteiger partial charge in [-0.3, -0.25) is 9.71 Å². The summed E-state index contributed by atoms with van der Waals surface area (Å²) in [5.41, 5.74) is 1.13. The molecule has 0 aromatic carbocycles. The molecule has 1 unspecified atom stereocenters. The average molecular weight is 392 g/mol. The third kappa shape index (κ3) is 6.94. The number of aliphatic imine (C=N–C) groups is 1. The van der Waals surface area contributed by atoms with E-state index in [1.54, 1.807) is 13.0 Å². The van der Waals surface area contributed by atoms with Crippen LogP contribution in [0.4, 0.5) is 0 Å². The van der Waals surface area contributed by atoms with E-state index in [1.807, 2.05) is 27.0 Å². The SMILES string of the molecule is C=C(/C=C(\C)C1=NCCCN1C)O/C(C)=C(\C#N)C(=C)NS(=N)(=O)CCC. The van der Waals surface area contributed by atoms with Gasteiger partial charge in [-0.15, -0.1) is 0 Å². The van der Waals surface area contributed by atoms with Crippen molar-refractivity contribution in [3.05, 3.63) is 47.6 Å². The lowest BCUT2D eigenvalue weighted by Crippen LogP contribution is -2.32. The second-order valence-electron chi connectivity index (χ2n) is 6.38. The van der Waals surface area contributed by atoms with Gasteiger partial charge in [0.2, 0.25) is 0 Å². The summed E-state index contributed by atoms with van der Waals surface area (Å²) >= 11 is 0. The topological polar surface area (TPSA) is 102 Å². The molecule has 0 spiro atoms. The number of rotatable bonds is 9. The Balaban J connectivity index is 2.92. The molecular formula is C19H29N5O2S. The van der Waals surface area contributed by atoms with Crippen LogP contribution >= 0.6 is 0 Å². The van der Waals surface area contributed by atoms with E-state index in [4.69, 9.17) is 9.52 Å². The van der Waals surface area contributed by atoms with E-state index in [0.717, 1.165) is 30.9 Å². The maximum Gasteiger partial charge on any atom is 0.126 e. The van der Waals surface area contributed by atoms with Crippen LogP contribution in [0.15, 0.2) is 52.6 Å². The van der Waals surface area contributed by atoms with Crippen LogP contribution in [0.25, 0.3) is 0 Å². The van der Waals surface area contributed by atoms with Crippen LogP contribution in [-0.4, -0.2) is 40.8 Å². The summed E-state index contributed by atoms with van der Waals surface area (Å²) in [7, 11) is -1.05. The van der Waals surface area contributed by atoms with E-state index in [9.17, 15) is 9.47 Å². The van der Waals surface area contributed by atoms with Gasteiger partial charge in [-0.25, -0.2) is 8.99 Å². The van der Waals surface area contributed by atoms with Crippen LogP contribution in [0, 0.1) is 16.1 Å². The molecule has 0 saturated heterocycles. The lowest BCUT2D eigenvalue weighted by atomic mass is 10.2. The molecule has 1 rings (SSSR count). The molecule has 0 amide bonds. The summed E-state index contributed by atoms with van der Waals surface area (Å²) in [6, 6.07) is 1.99. The molecule has 2 N–H and O–H groups in total. The Kier molecular flexibility index (Phi) is 8.32. The monoisotopic (exact) mass is 391 g/mol. The van der Waals surface area contributed by atoms with Crippen LogP contribution in [-0.2, 0) is 14.7 Å². The summed E-state index contributed by atoms with van der Waals surface area (Å²) in [5, 5.41) is 9.41. The van der Waals surface area contributed by atoms with Gasteiger partial charge in [0.15, 0.2) is 0 Å². The van der Waals surface area contributed by atoms with Gasteiger partial charge in [0.05, 0.1) is 5.70 Å². The molecule has 1 aliphatic heterocycles. The number of likely N-dealkylation sites (N-methyl/N-ethyl adjacent to an activating group) is 1. The summed E-state index contributed by atoms with van der Waals surface area (Å²) in [6.45, 7) is 14.7. The van der Waals surface area contributed by atoms with Crippen molar-refractivity contribution in [2.75, 3.05) is 25.9 Å². The number of ether oxygens (including phenoxy) is 1. The highest BCUT2D eigenvalue weighted by Gasteiger charge is 2.15. The first-order valence-corrected chi connectivity index (χ1v) is 10.5. The van der Waals surface area contributed by atoms with E-state index in [1.165, 1.54) is 0 Å². The smallest absolute Gasteiger partial charge is 0.126 e. The highest BCUT2D eigenvalue weighted by atomic mass is 32.2. The van der Waals surface area contributed by atoms with Crippen molar-refractivity contribution >= 4 is 15.8 Å². The van der Waals surface area contributed by atoms with Crippen molar-refractivity contribution < 1.29 is 8.95 Å². The van der Waals surface area contributed by atoms with Gasteiger partial charge in [-0.05, 0) is 38.3 Å². The Hall–Kier alpha value is -2.53. The largest absolute Gasteiger partial charge is 0.461 e. The Morgan fingerprint density at radius 2 is 2.19 bits per heavy atom. The number of hydrogen-bond acceptors (Lipinski definition) is 6. The lowest BCUT2D eigenvalue weighted by molar-refractivity contribution is 0.321. The minimum atomic E-state index is -3.03. The van der Waals surface area contributed by atoms with Crippen molar-refractivity contribution in [3.63, 3.8) is 0 Å². The zero-order valence-corrected chi connectivity index (χ0v) is 17.4. The van der Waals surface area contributed by atoms with Gasteiger partial charge in [0, 0.05) is 25.9 Å². The van der Waals surface area contributed by atoms with E-state index in [-0.39, 0.29) is 22.8 Å². The zero-order chi connectivity index (χ0) is 20.6. The third-order valence-electron chi connectivity index (χ3n) is 3.83. The second kappa shape index (κ2) is 9.97. The van der Waals surface area contributed by atoms with E-state index >= 15 is 0 Å². The number of hydrogen-bond donors (Lipinski definition) is 2. The second-order valence-corrected chi connectivity index (χ2v) is 8.34. The molecule has 0 aliphatic carbocycles. The first kappa shape index (κ1) is 22.5. The number of nitriles is 1. The fourth-order valence-corrected chi connectivity index (χ4v) is 3.85. The normalized spacial score (nSPS) is 17.8. The van der Waals surface area contributed by atoms with Crippen LogP contribution < -0.4 is 4.72 Å². The van der Waals surface area contributed by atoms with E-state index in [0.29, 0.717) is 12.2 Å². The molecule has 1 aliphatic rings. The molecule has 0 fully saturated rings. The molecule has 148 valence electrons. The number of nitrogens with one attached hydrogen (secondary N) is 2. The first-order chi connectivity index (χ1) is 12.6. The molecule has 1 heterocycles. The Morgan fingerprint density at radius 3 is 2.74 bits per heavy atom. The standard InChI is InChI=1S/C19H29N5O2S/c1-7-11-27(21,25)23-16(4)18(13-20)17(5)26-15(3)12-14(2)19-22-9-8-10-24(19)6/h12H,3-4,7-11H2,1-2,5-6H3,(H2,21,23,25)/b14-12+,18-17+. The first-order valence-electron chi connectivity index (χ1n) is 8.76. The van der Waals surface area contributed by atoms with Crippen molar-refractivity contribution in [2.24, 2.45) is 4.99 Å². The quantitative estimate of drug-likeness (QED) is 0.357. The molecule has 1 atom stereocenters. The third-order valence-corrected chi connectivity index (χ3v) is 5.39. The molecule has 0 saturated carbocycles. The highest BCUT2D eigenvalue weighted by molar-refractivity contribution is 7.90. The number of amidine groups is 1. The number of nitrogens with zero attached hydrogens (tertiary/aromatic N) is 3. The van der Waals surface area contributed by atoms with Gasteiger partial charge in [-0.2, -0.15) is 5.26 Å². The predicted molar refractivity (Wildman–Crippen MR) is 110 cm³/mol. The van der Waals surface area contributed by atoms with Crippen LogP contribution in [0.2, 0.25) is 0 Å². The van der Waals surface area contributed by atoms with Gasteiger partial charge in [0.1, 0.15) is 38.9 Å². The van der Waals surface area contributed by atoms with E-state index < -0.39 is 9.92 Å². The van der Waals surface area contributed by atoms with Crippen molar-refractivity contribution in [1.29, 1.82) is 10.0 Å². The van der Waals surface area contributed by atoms with Crippen molar-refractivity contribution in [1.82, 2.24) is 9.62 Å². The summed E-state index contributed by atoms with van der Waals surface area (Å²) in [4.78, 5) is 6.60. The van der Waals surface area contributed by atoms with Gasteiger partial charge < -0.3 is 9.64 Å². The molecule has 0 aromatic heterocycles. The van der Waals surface area contributed by atoms with Crippen molar-refractivity contribution in [2.45, 2.75) is 33.6 Å². The number of allylic oxidation sites excluding steroid dienone is 3. The molecular weight excluding hydrogens is 362 g/mol. The highest BCUT2D eigenvalue weighted by Crippen LogP contribution is 2.18. The van der Waals surface area contributed by atoms with Crippen LogP contribution in [0.5, 0.6) is 0 Å². The van der Waals surface area contributed by atoms with Gasteiger partial charge in [0.25, 0.3) is 0 Å². The minimum Gasteiger partial charge on any atom is -0.461 e. The molecule has 0 aromatic rings. The molecule has 27 heavy (non-hydrogen) atoms. The summed E-state index contributed by atoms with van der Waals surface area (Å²) in [5.74, 6) is 1.70.